The summed E-state index contributed by atoms with van der Waals surface area (Å²) in [4.78, 5) is 2.54. The Bertz CT molecular complexity index is 378. The van der Waals surface area contributed by atoms with Gasteiger partial charge in [-0.3, -0.25) is 0 Å². The van der Waals surface area contributed by atoms with Crippen molar-refractivity contribution in [2.24, 2.45) is 0 Å². The van der Waals surface area contributed by atoms with Crippen molar-refractivity contribution in [3.05, 3.63) is 28.2 Å². The van der Waals surface area contributed by atoms with E-state index in [0.29, 0.717) is 6.04 Å². The van der Waals surface area contributed by atoms with Crippen LogP contribution in [-0.2, 0) is 6.54 Å². The molecule has 0 bridgehead atoms. The van der Waals surface area contributed by atoms with E-state index in [2.05, 4.69) is 58.2 Å². The van der Waals surface area contributed by atoms with Crippen molar-refractivity contribution in [1.29, 1.82) is 0 Å². The lowest BCUT2D eigenvalue weighted by Crippen LogP contribution is -2.28. The summed E-state index contributed by atoms with van der Waals surface area (Å²) in [6.45, 7) is 7.64. The van der Waals surface area contributed by atoms with Crippen LogP contribution in [0.1, 0.15) is 32.3 Å². The minimum absolute atomic E-state index is 0.677. The van der Waals surface area contributed by atoms with Gasteiger partial charge in [-0.25, -0.2) is 0 Å². The van der Waals surface area contributed by atoms with E-state index in [9.17, 15) is 0 Å². The summed E-state index contributed by atoms with van der Waals surface area (Å²) in [6.07, 6.45) is 2.63. The third-order valence-corrected chi connectivity index (χ3v) is 3.96. The molecule has 1 N–H and O–H groups in total. The zero-order valence-electron chi connectivity index (χ0n) is 10.7. The molecule has 1 fully saturated rings. The molecule has 0 spiro atoms. The Kier molecular flexibility index (Phi) is 4.46. The van der Waals surface area contributed by atoms with Crippen LogP contribution < -0.4 is 10.2 Å². The van der Waals surface area contributed by atoms with Gasteiger partial charge in [-0.2, -0.15) is 0 Å². The van der Waals surface area contributed by atoms with Gasteiger partial charge in [0.25, 0.3) is 0 Å². The molecule has 1 unspecified atom stereocenters. The molecule has 94 valence electrons. The normalized spacial score (nSPS) is 19.9. The molecule has 1 atom stereocenters. The highest BCUT2D eigenvalue weighted by Crippen LogP contribution is 2.30. The van der Waals surface area contributed by atoms with Gasteiger partial charge in [-0.15, -0.1) is 0 Å². The predicted molar refractivity (Wildman–Crippen MR) is 77.6 cm³/mol. The first-order valence-corrected chi connectivity index (χ1v) is 7.27. The van der Waals surface area contributed by atoms with Crippen molar-refractivity contribution in [3.63, 3.8) is 0 Å². The number of hydrogen-bond acceptors (Lipinski definition) is 2. The minimum Gasteiger partial charge on any atom is -0.369 e. The Labute approximate surface area is 113 Å². The van der Waals surface area contributed by atoms with Crippen molar-refractivity contribution in [3.8, 4) is 0 Å². The molecule has 2 rings (SSSR count). The zero-order chi connectivity index (χ0) is 12.3. The molecule has 2 nitrogen and oxygen atoms in total. The van der Waals surface area contributed by atoms with E-state index in [0.717, 1.165) is 13.1 Å². The van der Waals surface area contributed by atoms with Crippen LogP contribution in [0.25, 0.3) is 0 Å². The van der Waals surface area contributed by atoms with E-state index in [4.69, 9.17) is 0 Å². The van der Waals surface area contributed by atoms with Gasteiger partial charge in [0.1, 0.15) is 0 Å². The molecule has 1 saturated heterocycles. The standard InChI is InChI=1S/C14H21BrN2/c1-3-16-10-12-9-13(15)6-7-14(12)17-8-4-5-11(17)2/h6-7,9,11,16H,3-5,8,10H2,1-2H3. The van der Waals surface area contributed by atoms with E-state index in [-0.39, 0.29) is 0 Å². The summed E-state index contributed by atoms with van der Waals surface area (Å²) >= 11 is 3.57. The molecular weight excluding hydrogens is 276 g/mol. The lowest BCUT2D eigenvalue weighted by molar-refractivity contribution is 0.705. The first-order valence-electron chi connectivity index (χ1n) is 6.48. The highest BCUT2D eigenvalue weighted by Gasteiger charge is 2.22. The number of benzene rings is 1. The molecule has 1 aliphatic heterocycles. The third kappa shape index (κ3) is 3.02. The smallest absolute Gasteiger partial charge is 0.0415 e. The van der Waals surface area contributed by atoms with E-state index in [1.807, 2.05) is 0 Å². The summed E-state index contributed by atoms with van der Waals surface area (Å²) in [7, 11) is 0. The first-order chi connectivity index (χ1) is 8.22. The van der Waals surface area contributed by atoms with Gasteiger partial charge in [0, 0.05) is 29.3 Å². The Hall–Kier alpha value is -0.540. The van der Waals surface area contributed by atoms with E-state index in [1.54, 1.807) is 0 Å². The third-order valence-electron chi connectivity index (χ3n) is 3.47. The topological polar surface area (TPSA) is 15.3 Å². The summed E-state index contributed by atoms with van der Waals surface area (Å²) in [5, 5.41) is 3.42. The average Bonchev–Trinajstić information content (AvgIpc) is 2.73. The van der Waals surface area contributed by atoms with Crippen LogP contribution in [-0.4, -0.2) is 19.1 Å². The van der Waals surface area contributed by atoms with Gasteiger partial charge in [0.2, 0.25) is 0 Å². The number of anilines is 1. The fourth-order valence-electron chi connectivity index (χ4n) is 2.53. The Morgan fingerprint density at radius 2 is 2.29 bits per heavy atom. The minimum atomic E-state index is 0.677. The van der Waals surface area contributed by atoms with Crippen molar-refractivity contribution >= 4 is 21.6 Å². The van der Waals surface area contributed by atoms with E-state index >= 15 is 0 Å². The van der Waals surface area contributed by atoms with Gasteiger partial charge in [-0.05, 0) is 50.1 Å². The maximum absolute atomic E-state index is 3.57. The van der Waals surface area contributed by atoms with Crippen molar-refractivity contribution in [2.75, 3.05) is 18.0 Å². The van der Waals surface area contributed by atoms with Crippen LogP contribution in [0.4, 0.5) is 5.69 Å². The molecule has 0 radical (unpaired) electrons. The largest absolute Gasteiger partial charge is 0.369 e. The SMILES string of the molecule is CCNCc1cc(Br)ccc1N1CCCC1C. The Morgan fingerprint density at radius 3 is 2.94 bits per heavy atom. The number of nitrogens with zero attached hydrogens (tertiary/aromatic N) is 1. The zero-order valence-corrected chi connectivity index (χ0v) is 12.3. The van der Waals surface area contributed by atoms with E-state index < -0.39 is 0 Å². The lowest BCUT2D eigenvalue weighted by Gasteiger charge is -2.26. The molecule has 0 amide bonds. The number of hydrogen-bond donors (Lipinski definition) is 1. The number of halogens is 1. The van der Waals surface area contributed by atoms with Crippen LogP contribution in [0.5, 0.6) is 0 Å². The van der Waals surface area contributed by atoms with Crippen molar-refractivity contribution in [1.82, 2.24) is 5.32 Å². The quantitative estimate of drug-likeness (QED) is 0.914. The second kappa shape index (κ2) is 5.87. The summed E-state index contributed by atoms with van der Waals surface area (Å²) < 4.78 is 1.17. The van der Waals surface area contributed by atoms with Gasteiger partial charge in [0.05, 0.1) is 0 Å². The van der Waals surface area contributed by atoms with Crippen LogP contribution in [0, 0.1) is 0 Å². The van der Waals surface area contributed by atoms with Gasteiger partial charge in [-0.1, -0.05) is 22.9 Å². The summed E-state index contributed by atoms with van der Waals surface area (Å²) in [6, 6.07) is 7.31. The highest BCUT2D eigenvalue weighted by molar-refractivity contribution is 9.10. The van der Waals surface area contributed by atoms with E-state index in [1.165, 1.54) is 35.1 Å². The van der Waals surface area contributed by atoms with Gasteiger partial charge in [0.15, 0.2) is 0 Å². The molecular formula is C14H21BrN2. The van der Waals surface area contributed by atoms with Crippen LogP contribution in [0.15, 0.2) is 22.7 Å². The fourth-order valence-corrected chi connectivity index (χ4v) is 2.94. The number of rotatable bonds is 4. The molecule has 3 heteroatoms. The average molecular weight is 297 g/mol. The van der Waals surface area contributed by atoms with Crippen molar-refractivity contribution in [2.45, 2.75) is 39.3 Å². The molecule has 1 aromatic rings. The monoisotopic (exact) mass is 296 g/mol. The lowest BCUT2D eigenvalue weighted by atomic mass is 10.1. The fraction of sp³-hybridized carbons (Fsp3) is 0.571. The predicted octanol–water partition coefficient (Wildman–Crippen LogP) is 3.55. The highest BCUT2D eigenvalue weighted by atomic mass is 79.9. The maximum atomic E-state index is 3.57. The Morgan fingerprint density at radius 1 is 1.47 bits per heavy atom. The maximum Gasteiger partial charge on any atom is 0.0415 e. The van der Waals surface area contributed by atoms with Crippen molar-refractivity contribution < 1.29 is 0 Å². The Balaban J connectivity index is 2.25. The van der Waals surface area contributed by atoms with Gasteiger partial charge >= 0.3 is 0 Å². The molecule has 1 heterocycles. The summed E-state index contributed by atoms with van der Waals surface area (Å²) in [5.74, 6) is 0. The number of nitrogens with one attached hydrogen (secondary N) is 1. The molecule has 1 aromatic carbocycles. The summed E-state index contributed by atoms with van der Waals surface area (Å²) in [5.41, 5.74) is 2.80. The van der Waals surface area contributed by atoms with Crippen LogP contribution in [0.3, 0.4) is 0 Å². The second-order valence-corrected chi connectivity index (χ2v) is 5.65. The van der Waals surface area contributed by atoms with Crippen LogP contribution in [0.2, 0.25) is 0 Å². The molecule has 1 aliphatic rings. The molecule has 0 aromatic heterocycles. The second-order valence-electron chi connectivity index (χ2n) is 4.74. The first kappa shape index (κ1) is 12.9. The molecule has 17 heavy (non-hydrogen) atoms. The van der Waals surface area contributed by atoms with Gasteiger partial charge < -0.3 is 10.2 Å². The molecule has 0 aliphatic carbocycles. The van der Waals surface area contributed by atoms with Crippen LogP contribution >= 0.6 is 15.9 Å². The molecule has 0 saturated carbocycles.